The number of aliphatic hydroxyl groups is 1. The SMILES string of the molecule is O=C(c1ccc(-c2ccccc2F)o1)N(CCO)Cc1ccccc1. The summed E-state index contributed by atoms with van der Waals surface area (Å²) in [5.41, 5.74) is 1.25. The maximum atomic E-state index is 13.9. The first-order valence-corrected chi connectivity index (χ1v) is 7.98. The van der Waals surface area contributed by atoms with E-state index in [4.69, 9.17) is 4.42 Å². The molecule has 0 bridgehead atoms. The van der Waals surface area contributed by atoms with Gasteiger partial charge < -0.3 is 14.4 Å². The Hall–Kier alpha value is -2.92. The van der Waals surface area contributed by atoms with Crippen molar-refractivity contribution in [3.8, 4) is 11.3 Å². The van der Waals surface area contributed by atoms with Gasteiger partial charge in [0.1, 0.15) is 11.6 Å². The molecule has 25 heavy (non-hydrogen) atoms. The second kappa shape index (κ2) is 7.77. The average Bonchev–Trinajstić information content (AvgIpc) is 3.12. The quantitative estimate of drug-likeness (QED) is 0.745. The van der Waals surface area contributed by atoms with Crippen LogP contribution in [0.5, 0.6) is 0 Å². The molecule has 0 aliphatic rings. The van der Waals surface area contributed by atoms with E-state index in [-0.39, 0.29) is 24.8 Å². The Bertz CT molecular complexity index is 845. The summed E-state index contributed by atoms with van der Waals surface area (Å²) in [6.45, 7) is 0.388. The Labute approximate surface area is 145 Å². The van der Waals surface area contributed by atoms with Crippen LogP contribution in [-0.4, -0.2) is 29.1 Å². The minimum atomic E-state index is -0.410. The summed E-state index contributed by atoms with van der Waals surface area (Å²) in [4.78, 5) is 14.2. The molecule has 3 rings (SSSR count). The van der Waals surface area contributed by atoms with E-state index in [1.165, 1.54) is 17.0 Å². The van der Waals surface area contributed by atoms with Gasteiger partial charge in [0, 0.05) is 13.1 Å². The predicted molar refractivity (Wildman–Crippen MR) is 92.4 cm³/mol. The highest BCUT2D eigenvalue weighted by atomic mass is 19.1. The highest BCUT2D eigenvalue weighted by Gasteiger charge is 2.20. The molecule has 0 saturated heterocycles. The van der Waals surface area contributed by atoms with Crippen molar-refractivity contribution in [3.05, 3.63) is 83.9 Å². The number of carbonyl (C=O) groups is 1. The molecule has 0 radical (unpaired) electrons. The molecule has 4 nitrogen and oxygen atoms in total. The number of hydrogen-bond donors (Lipinski definition) is 1. The van der Waals surface area contributed by atoms with E-state index >= 15 is 0 Å². The second-order valence-corrected chi connectivity index (χ2v) is 5.58. The fraction of sp³-hybridized carbons (Fsp3) is 0.150. The van der Waals surface area contributed by atoms with Gasteiger partial charge in [0.05, 0.1) is 12.2 Å². The van der Waals surface area contributed by atoms with Gasteiger partial charge >= 0.3 is 0 Å². The zero-order valence-electron chi connectivity index (χ0n) is 13.6. The van der Waals surface area contributed by atoms with E-state index in [0.29, 0.717) is 17.9 Å². The number of furan rings is 1. The lowest BCUT2D eigenvalue weighted by Gasteiger charge is -2.20. The number of halogens is 1. The second-order valence-electron chi connectivity index (χ2n) is 5.58. The molecule has 0 atom stereocenters. The molecule has 0 unspecified atom stereocenters. The van der Waals surface area contributed by atoms with Crippen LogP contribution in [0.4, 0.5) is 4.39 Å². The van der Waals surface area contributed by atoms with Crippen LogP contribution in [0.25, 0.3) is 11.3 Å². The number of aliphatic hydroxyl groups excluding tert-OH is 1. The smallest absolute Gasteiger partial charge is 0.289 e. The van der Waals surface area contributed by atoms with Gasteiger partial charge in [-0.05, 0) is 29.8 Å². The van der Waals surface area contributed by atoms with Gasteiger partial charge in [-0.3, -0.25) is 4.79 Å². The van der Waals surface area contributed by atoms with Crippen molar-refractivity contribution in [1.82, 2.24) is 4.90 Å². The number of hydrogen-bond acceptors (Lipinski definition) is 3. The number of benzene rings is 2. The third kappa shape index (κ3) is 3.95. The van der Waals surface area contributed by atoms with Gasteiger partial charge in [-0.1, -0.05) is 42.5 Å². The molecule has 1 amide bonds. The maximum Gasteiger partial charge on any atom is 0.289 e. The predicted octanol–water partition coefficient (Wildman–Crippen LogP) is 3.72. The van der Waals surface area contributed by atoms with Crippen LogP contribution in [0, 0.1) is 5.82 Å². The minimum Gasteiger partial charge on any atom is -0.451 e. The van der Waals surface area contributed by atoms with Gasteiger partial charge in [-0.2, -0.15) is 0 Å². The molecule has 0 fully saturated rings. The first-order valence-electron chi connectivity index (χ1n) is 7.98. The summed E-state index contributed by atoms with van der Waals surface area (Å²) in [6, 6.07) is 18.8. The molecule has 0 aliphatic carbocycles. The highest BCUT2D eigenvalue weighted by molar-refractivity contribution is 5.92. The molecule has 0 saturated carbocycles. The summed E-state index contributed by atoms with van der Waals surface area (Å²) < 4.78 is 19.4. The first-order chi connectivity index (χ1) is 12.2. The van der Waals surface area contributed by atoms with Crippen LogP contribution in [0.15, 0.2) is 71.1 Å². The van der Waals surface area contributed by atoms with Gasteiger partial charge in [0.25, 0.3) is 5.91 Å². The van der Waals surface area contributed by atoms with E-state index in [1.54, 1.807) is 24.3 Å². The zero-order chi connectivity index (χ0) is 17.6. The van der Waals surface area contributed by atoms with Gasteiger partial charge in [0.15, 0.2) is 5.76 Å². The largest absolute Gasteiger partial charge is 0.451 e. The zero-order valence-corrected chi connectivity index (χ0v) is 13.6. The Morgan fingerprint density at radius 3 is 2.44 bits per heavy atom. The number of rotatable bonds is 6. The Balaban J connectivity index is 1.82. The number of amides is 1. The van der Waals surface area contributed by atoms with Crippen molar-refractivity contribution >= 4 is 5.91 Å². The summed E-state index contributed by atoms with van der Waals surface area (Å²) in [6.07, 6.45) is 0. The van der Waals surface area contributed by atoms with E-state index in [1.807, 2.05) is 30.3 Å². The summed E-state index contributed by atoms with van der Waals surface area (Å²) in [7, 11) is 0. The van der Waals surface area contributed by atoms with Crippen LogP contribution in [0.1, 0.15) is 16.1 Å². The van der Waals surface area contributed by atoms with Crippen LogP contribution >= 0.6 is 0 Å². The van der Waals surface area contributed by atoms with Crippen LogP contribution in [0.3, 0.4) is 0 Å². The summed E-state index contributed by atoms with van der Waals surface area (Å²) in [5.74, 6) is -0.347. The normalized spacial score (nSPS) is 10.6. The van der Waals surface area contributed by atoms with Crippen molar-refractivity contribution in [3.63, 3.8) is 0 Å². The van der Waals surface area contributed by atoms with E-state index in [9.17, 15) is 14.3 Å². The molecule has 0 spiro atoms. The Kier molecular flexibility index (Phi) is 5.26. The number of carbonyl (C=O) groups excluding carboxylic acids is 1. The third-order valence-electron chi connectivity index (χ3n) is 3.83. The van der Waals surface area contributed by atoms with E-state index in [0.717, 1.165) is 5.56 Å². The highest BCUT2D eigenvalue weighted by Crippen LogP contribution is 2.25. The van der Waals surface area contributed by atoms with Crippen molar-refractivity contribution in [2.24, 2.45) is 0 Å². The monoisotopic (exact) mass is 339 g/mol. The molecular formula is C20H18FNO3. The van der Waals surface area contributed by atoms with Gasteiger partial charge in [-0.25, -0.2) is 4.39 Å². The van der Waals surface area contributed by atoms with Crippen LogP contribution in [0.2, 0.25) is 0 Å². The van der Waals surface area contributed by atoms with E-state index < -0.39 is 5.82 Å². The Morgan fingerprint density at radius 2 is 1.72 bits per heavy atom. The fourth-order valence-electron chi connectivity index (χ4n) is 2.59. The maximum absolute atomic E-state index is 13.9. The lowest BCUT2D eigenvalue weighted by molar-refractivity contribution is 0.0677. The van der Waals surface area contributed by atoms with Crippen LogP contribution < -0.4 is 0 Å². The van der Waals surface area contributed by atoms with Crippen molar-refractivity contribution < 1.29 is 18.7 Å². The lowest BCUT2D eigenvalue weighted by Crippen LogP contribution is -2.32. The molecule has 3 aromatic rings. The topological polar surface area (TPSA) is 53.7 Å². The van der Waals surface area contributed by atoms with Crippen LogP contribution in [-0.2, 0) is 6.54 Å². The standard InChI is InChI=1S/C20H18FNO3/c21-17-9-5-4-8-16(17)18-10-11-19(25-18)20(24)22(12-13-23)14-15-6-2-1-3-7-15/h1-11,23H,12-14H2. The van der Waals surface area contributed by atoms with Crippen molar-refractivity contribution in [2.75, 3.05) is 13.2 Å². The molecule has 1 aromatic heterocycles. The number of nitrogens with zero attached hydrogens (tertiary/aromatic N) is 1. The van der Waals surface area contributed by atoms with Gasteiger partial charge in [-0.15, -0.1) is 0 Å². The first kappa shape index (κ1) is 16.9. The van der Waals surface area contributed by atoms with Gasteiger partial charge in [0.2, 0.25) is 0 Å². The lowest BCUT2D eigenvalue weighted by atomic mass is 10.1. The van der Waals surface area contributed by atoms with Crippen molar-refractivity contribution in [2.45, 2.75) is 6.54 Å². The third-order valence-corrected chi connectivity index (χ3v) is 3.83. The molecule has 0 aliphatic heterocycles. The average molecular weight is 339 g/mol. The molecule has 128 valence electrons. The molecule has 1 N–H and O–H groups in total. The molecule has 1 heterocycles. The molecule has 2 aromatic carbocycles. The minimum absolute atomic E-state index is 0.114. The van der Waals surface area contributed by atoms with E-state index in [2.05, 4.69) is 0 Å². The summed E-state index contributed by atoms with van der Waals surface area (Å²) in [5, 5.41) is 9.26. The molecular weight excluding hydrogens is 321 g/mol. The summed E-state index contributed by atoms with van der Waals surface area (Å²) >= 11 is 0. The fourth-order valence-corrected chi connectivity index (χ4v) is 2.59. The van der Waals surface area contributed by atoms with Crippen molar-refractivity contribution in [1.29, 1.82) is 0 Å². The Morgan fingerprint density at radius 1 is 1.00 bits per heavy atom. The molecule has 5 heteroatoms.